The fourth-order valence-electron chi connectivity index (χ4n) is 3.91. The van der Waals surface area contributed by atoms with E-state index in [1.54, 1.807) is 0 Å². The molecule has 0 saturated carbocycles. The molecule has 194 valence electrons. The van der Waals surface area contributed by atoms with Gasteiger partial charge in [0.2, 0.25) is 0 Å². The molecular formula is C24H20O13. The van der Waals surface area contributed by atoms with Crippen LogP contribution in [0.15, 0.2) is 42.5 Å². The van der Waals surface area contributed by atoms with Crippen molar-refractivity contribution in [3.8, 4) is 34.5 Å². The maximum Gasteiger partial charge on any atom is 0.337 e. The van der Waals surface area contributed by atoms with Crippen LogP contribution in [0.1, 0.15) is 45.8 Å². The van der Waals surface area contributed by atoms with Gasteiger partial charge in [0.05, 0.1) is 0 Å². The molecule has 0 heterocycles. The Kier molecular flexibility index (Phi) is 7.02. The molecule has 3 rings (SSSR count). The Morgan fingerprint density at radius 2 is 0.865 bits per heavy atom. The average Bonchev–Trinajstić information content (AvgIpc) is 2.78. The Morgan fingerprint density at radius 1 is 0.486 bits per heavy atom. The van der Waals surface area contributed by atoms with Crippen LogP contribution in [0.5, 0.6) is 34.5 Å². The number of carboxylic acids is 3. The lowest BCUT2D eigenvalue weighted by molar-refractivity contribution is -0.147. The zero-order valence-electron chi connectivity index (χ0n) is 18.5. The third-order valence-electron chi connectivity index (χ3n) is 5.63. The second-order valence-electron chi connectivity index (χ2n) is 7.97. The molecule has 0 fully saturated rings. The fourth-order valence-corrected chi connectivity index (χ4v) is 3.91. The van der Waals surface area contributed by atoms with Crippen LogP contribution in [0.25, 0.3) is 0 Å². The molecule has 0 aliphatic heterocycles. The summed E-state index contributed by atoms with van der Waals surface area (Å²) in [5, 5.41) is 99.5. The van der Waals surface area contributed by atoms with Gasteiger partial charge in [0.25, 0.3) is 0 Å². The van der Waals surface area contributed by atoms with Gasteiger partial charge in [-0.15, -0.1) is 0 Å². The van der Waals surface area contributed by atoms with Crippen molar-refractivity contribution >= 4 is 17.9 Å². The number of aromatic hydroxyl groups is 6. The third kappa shape index (κ3) is 4.97. The number of carboxylic acid groups (broad SMARTS) is 3. The van der Waals surface area contributed by atoms with Gasteiger partial charge >= 0.3 is 17.9 Å². The molecule has 3 aromatic rings. The van der Waals surface area contributed by atoms with Crippen LogP contribution in [0.2, 0.25) is 0 Å². The molecule has 10 N–H and O–H groups in total. The summed E-state index contributed by atoms with van der Waals surface area (Å²) in [6.07, 6.45) is -2.31. The van der Waals surface area contributed by atoms with E-state index >= 15 is 0 Å². The lowest BCUT2D eigenvalue weighted by Crippen LogP contribution is -2.18. The smallest absolute Gasteiger partial charge is 0.337 e. The van der Waals surface area contributed by atoms with E-state index in [1.807, 2.05) is 0 Å². The van der Waals surface area contributed by atoms with E-state index in [9.17, 15) is 60.3 Å². The molecule has 0 bridgehead atoms. The second kappa shape index (κ2) is 9.83. The first-order chi connectivity index (χ1) is 17.2. The van der Waals surface area contributed by atoms with Crippen molar-refractivity contribution in [3.63, 3.8) is 0 Å². The van der Waals surface area contributed by atoms with Crippen LogP contribution in [0.4, 0.5) is 0 Å². The Morgan fingerprint density at radius 3 is 1.27 bits per heavy atom. The molecule has 0 aliphatic rings. The Balaban J connectivity index is 2.29. The topological polar surface area (TPSA) is 254 Å². The van der Waals surface area contributed by atoms with E-state index < -0.39 is 92.6 Å². The molecule has 0 aromatic heterocycles. The molecule has 0 amide bonds. The van der Waals surface area contributed by atoms with Crippen molar-refractivity contribution in [1.82, 2.24) is 0 Å². The first-order valence-corrected chi connectivity index (χ1v) is 10.2. The van der Waals surface area contributed by atoms with Gasteiger partial charge in [0.15, 0.2) is 6.10 Å². The van der Waals surface area contributed by atoms with Crippen molar-refractivity contribution < 1.29 is 65.4 Å². The van der Waals surface area contributed by atoms with Crippen molar-refractivity contribution in [2.24, 2.45) is 0 Å². The molecule has 13 heteroatoms. The predicted octanol–water partition coefficient (Wildman–Crippen LogP) is 1.47. The van der Waals surface area contributed by atoms with Gasteiger partial charge in [-0.05, 0) is 18.2 Å². The normalized spacial score (nSPS) is 13.4. The van der Waals surface area contributed by atoms with E-state index in [1.165, 1.54) is 0 Å². The van der Waals surface area contributed by atoms with Gasteiger partial charge in [-0.25, -0.2) is 4.79 Å². The predicted molar refractivity (Wildman–Crippen MR) is 121 cm³/mol. The van der Waals surface area contributed by atoms with Crippen molar-refractivity contribution in [3.05, 3.63) is 70.3 Å². The maximum atomic E-state index is 12.3. The summed E-state index contributed by atoms with van der Waals surface area (Å²) in [4.78, 5) is 35.6. The summed E-state index contributed by atoms with van der Waals surface area (Å²) in [6, 6.07) is 5.66. The maximum absolute atomic E-state index is 12.3. The highest BCUT2D eigenvalue weighted by molar-refractivity contribution is 5.86. The molecule has 0 saturated heterocycles. The highest BCUT2D eigenvalue weighted by atomic mass is 16.4. The summed E-state index contributed by atoms with van der Waals surface area (Å²) in [5.74, 6) is -13.5. The number of benzene rings is 3. The molecule has 0 radical (unpaired) electrons. The number of aliphatic hydroxyl groups excluding tert-OH is 1. The van der Waals surface area contributed by atoms with E-state index in [0.717, 1.165) is 24.3 Å². The second-order valence-corrected chi connectivity index (χ2v) is 7.97. The van der Waals surface area contributed by atoms with E-state index in [4.69, 9.17) is 5.11 Å². The van der Waals surface area contributed by atoms with Crippen LogP contribution in [0, 0.1) is 0 Å². The number of hydrogen-bond acceptors (Lipinski definition) is 10. The zero-order chi connectivity index (χ0) is 27.8. The van der Waals surface area contributed by atoms with Gasteiger partial charge in [0.1, 0.15) is 46.3 Å². The van der Waals surface area contributed by atoms with E-state index in [-0.39, 0.29) is 5.56 Å². The lowest BCUT2D eigenvalue weighted by Gasteiger charge is -2.22. The standard InChI is InChI=1S/C24H20O13/c25-8-1-2-9(14(26)3-8)19(22(32)33)10-4-11(16(28)6-15(10)27)20(23(34)35)12-5-13(21(31)24(36)37)18(30)7-17(12)29/h1-7,19-21,25-31H,(H,32,33)(H,34,35)(H,36,37). The first-order valence-electron chi connectivity index (χ1n) is 10.2. The fraction of sp³-hybridized carbons (Fsp3) is 0.125. The largest absolute Gasteiger partial charge is 0.508 e. The molecule has 13 nitrogen and oxygen atoms in total. The quantitative estimate of drug-likeness (QED) is 0.204. The minimum atomic E-state index is -2.31. The Labute approximate surface area is 206 Å². The first kappa shape index (κ1) is 26.4. The number of carbonyl (C=O) groups is 3. The number of phenols is 6. The lowest BCUT2D eigenvalue weighted by atomic mass is 9.83. The summed E-state index contributed by atoms with van der Waals surface area (Å²) in [5.41, 5.74) is -2.63. The number of aliphatic carboxylic acids is 3. The number of aliphatic hydroxyl groups is 1. The highest BCUT2D eigenvalue weighted by Gasteiger charge is 2.34. The van der Waals surface area contributed by atoms with Gasteiger partial charge in [-0.1, -0.05) is 6.07 Å². The van der Waals surface area contributed by atoms with E-state index in [2.05, 4.69) is 0 Å². The van der Waals surface area contributed by atoms with Crippen molar-refractivity contribution in [2.45, 2.75) is 17.9 Å². The van der Waals surface area contributed by atoms with Crippen LogP contribution in [-0.2, 0) is 14.4 Å². The summed E-state index contributed by atoms with van der Waals surface area (Å²) < 4.78 is 0. The minimum Gasteiger partial charge on any atom is -0.508 e. The third-order valence-corrected chi connectivity index (χ3v) is 5.63. The van der Waals surface area contributed by atoms with Crippen LogP contribution in [-0.4, -0.2) is 69.0 Å². The molecule has 3 unspecified atom stereocenters. The zero-order valence-corrected chi connectivity index (χ0v) is 18.5. The molecule has 3 atom stereocenters. The average molecular weight is 516 g/mol. The summed E-state index contributed by atoms with van der Waals surface area (Å²) >= 11 is 0. The molecule has 0 aliphatic carbocycles. The number of phenolic OH excluding ortho intramolecular Hbond substituents is 6. The molecule has 37 heavy (non-hydrogen) atoms. The highest BCUT2D eigenvalue weighted by Crippen LogP contribution is 2.45. The minimum absolute atomic E-state index is 0.302. The van der Waals surface area contributed by atoms with Crippen LogP contribution >= 0.6 is 0 Å². The van der Waals surface area contributed by atoms with Crippen LogP contribution in [0.3, 0.4) is 0 Å². The summed E-state index contributed by atoms with van der Waals surface area (Å²) in [6.45, 7) is 0. The number of rotatable bonds is 8. The molecule has 0 spiro atoms. The van der Waals surface area contributed by atoms with Gasteiger partial charge in [-0.2, -0.15) is 0 Å². The van der Waals surface area contributed by atoms with E-state index in [0.29, 0.717) is 18.2 Å². The molecule has 3 aromatic carbocycles. The van der Waals surface area contributed by atoms with Gasteiger partial charge in [-0.3, -0.25) is 9.59 Å². The SMILES string of the molecule is O=C(O)C(O)c1cc(C(C(=O)O)c2cc(C(C(=O)O)c3ccc(O)cc3O)c(O)cc2O)c(O)cc1O. The van der Waals surface area contributed by atoms with Crippen molar-refractivity contribution in [2.75, 3.05) is 0 Å². The Bertz CT molecular complexity index is 1410. The van der Waals surface area contributed by atoms with Gasteiger partial charge in [0, 0.05) is 46.0 Å². The van der Waals surface area contributed by atoms with Crippen molar-refractivity contribution in [1.29, 1.82) is 0 Å². The van der Waals surface area contributed by atoms with Gasteiger partial charge < -0.3 is 51.1 Å². The van der Waals surface area contributed by atoms with Crippen LogP contribution < -0.4 is 0 Å². The number of hydrogen-bond donors (Lipinski definition) is 10. The Hall–Kier alpha value is -5.17. The molecular weight excluding hydrogens is 496 g/mol. The monoisotopic (exact) mass is 516 g/mol. The summed E-state index contributed by atoms with van der Waals surface area (Å²) in [7, 11) is 0.